The molecule has 0 aromatic heterocycles. The molecule has 0 spiro atoms. The summed E-state index contributed by atoms with van der Waals surface area (Å²) in [4.78, 5) is 39.4. The third kappa shape index (κ3) is 7.31. The molecule has 1 fully saturated rings. The number of hydrogen-bond acceptors (Lipinski definition) is 7. The summed E-state index contributed by atoms with van der Waals surface area (Å²) in [5.41, 5.74) is 2.05. The average Bonchev–Trinajstić information content (AvgIpc) is 3.25. The van der Waals surface area contributed by atoms with Gasteiger partial charge in [0.2, 0.25) is 5.91 Å². The number of fused-ring (bicyclic) bond motifs is 1. The van der Waals surface area contributed by atoms with Crippen molar-refractivity contribution in [2.24, 2.45) is 0 Å². The molecule has 0 aliphatic carbocycles. The number of amides is 3. The first kappa shape index (κ1) is 30.0. The van der Waals surface area contributed by atoms with Gasteiger partial charge in [-0.3, -0.25) is 19.3 Å². The molecule has 1 N–H and O–H groups in total. The van der Waals surface area contributed by atoms with Gasteiger partial charge in [0, 0.05) is 5.69 Å². The minimum absolute atomic E-state index is 0.169. The van der Waals surface area contributed by atoms with Crippen molar-refractivity contribution in [3.05, 3.63) is 99.9 Å². The van der Waals surface area contributed by atoms with Crippen LogP contribution in [0.4, 0.5) is 10.5 Å². The van der Waals surface area contributed by atoms with Crippen LogP contribution in [0.3, 0.4) is 0 Å². The summed E-state index contributed by atoms with van der Waals surface area (Å²) in [6.07, 6.45) is 1.55. The summed E-state index contributed by atoms with van der Waals surface area (Å²) in [6.45, 7) is 4.49. The van der Waals surface area contributed by atoms with E-state index in [9.17, 15) is 14.4 Å². The van der Waals surface area contributed by atoms with Gasteiger partial charge in [0.1, 0.15) is 18.9 Å². The second-order valence-corrected chi connectivity index (χ2v) is 10.9. The van der Waals surface area contributed by atoms with Crippen LogP contribution in [0.15, 0.2) is 83.8 Å². The Bertz CT molecular complexity index is 1710. The van der Waals surface area contributed by atoms with Crippen LogP contribution < -0.4 is 19.5 Å². The quantitative estimate of drug-likeness (QED) is 0.174. The number of anilines is 1. The number of rotatable bonds is 11. The van der Waals surface area contributed by atoms with Gasteiger partial charge in [-0.2, -0.15) is 0 Å². The van der Waals surface area contributed by atoms with Crippen molar-refractivity contribution in [1.82, 2.24) is 4.90 Å². The molecule has 4 aromatic rings. The van der Waals surface area contributed by atoms with Crippen LogP contribution in [0, 0.1) is 0 Å². The third-order valence-corrected chi connectivity index (χ3v) is 7.64. The number of imide groups is 1. The molecule has 5 rings (SSSR count). The van der Waals surface area contributed by atoms with Crippen molar-refractivity contribution in [3.63, 3.8) is 0 Å². The van der Waals surface area contributed by atoms with E-state index in [0.29, 0.717) is 46.7 Å². The van der Waals surface area contributed by atoms with Gasteiger partial charge in [-0.1, -0.05) is 48.0 Å². The SMILES string of the molecule is CCOc1ccc(NC(=O)CN2C(=O)S/C(=C/c3cc(Cl)c(OCc4ccc5ccccc5c4)c(OCC)c3)C2=O)cc1. The second kappa shape index (κ2) is 13.7. The molecule has 1 aliphatic heterocycles. The number of nitrogens with zero attached hydrogens (tertiary/aromatic N) is 1. The first-order chi connectivity index (χ1) is 20.8. The molecule has 4 aromatic carbocycles. The third-order valence-electron chi connectivity index (χ3n) is 6.45. The van der Waals surface area contributed by atoms with Crippen molar-refractivity contribution in [2.75, 3.05) is 25.1 Å². The van der Waals surface area contributed by atoms with E-state index in [4.69, 9.17) is 25.8 Å². The van der Waals surface area contributed by atoms with E-state index in [1.807, 2.05) is 44.2 Å². The van der Waals surface area contributed by atoms with Crippen LogP contribution in [0.5, 0.6) is 17.2 Å². The highest BCUT2D eigenvalue weighted by atomic mass is 35.5. The molecule has 3 amide bonds. The lowest BCUT2D eigenvalue weighted by atomic mass is 10.1. The molecule has 220 valence electrons. The van der Waals surface area contributed by atoms with E-state index in [2.05, 4.69) is 17.4 Å². The van der Waals surface area contributed by atoms with E-state index < -0.39 is 23.6 Å². The van der Waals surface area contributed by atoms with Gasteiger partial charge in [-0.25, -0.2) is 0 Å². The largest absolute Gasteiger partial charge is 0.494 e. The monoisotopic (exact) mass is 616 g/mol. The van der Waals surface area contributed by atoms with Crippen LogP contribution in [0.2, 0.25) is 5.02 Å². The molecule has 0 unspecified atom stereocenters. The highest BCUT2D eigenvalue weighted by Gasteiger charge is 2.36. The lowest BCUT2D eigenvalue weighted by molar-refractivity contribution is -0.127. The maximum absolute atomic E-state index is 13.1. The number of carbonyl (C=O) groups is 3. The fourth-order valence-electron chi connectivity index (χ4n) is 4.49. The van der Waals surface area contributed by atoms with Crippen molar-refractivity contribution < 1.29 is 28.6 Å². The molecule has 10 heteroatoms. The number of hydrogen-bond donors (Lipinski definition) is 1. The van der Waals surface area contributed by atoms with E-state index in [1.165, 1.54) is 0 Å². The molecule has 0 radical (unpaired) electrons. The number of carbonyl (C=O) groups excluding carboxylic acids is 3. The standard InChI is InChI=1S/C33H29ClN2O6S/c1-3-40-26-13-11-25(12-14-26)35-30(37)19-36-32(38)29(43-33(36)39)18-22-16-27(34)31(28(17-22)41-4-2)42-20-21-9-10-23-7-5-6-8-24(23)15-21/h5-18H,3-4,19-20H2,1-2H3,(H,35,37)/b29-18+. The lowest BCUT2D eigenvalue weighted by Crippen LogP contribution is -2.36. The molecule has 43 heavy (non-hydrogen) atoms. The Hall–Kier alpha value is -4.47. The Kier molecular flexibility index (Phi) is 9.54. The maximum Gasteiger partial charge on any atom is 0.294 e. The number of nitrogens with one attached hydrogen (secondary N) is 1. The number of ether oxygens (including phenoxy) is 3. The summed E-state index contributed by atoms with van der Waals surface area (Å²) < 4.78 is 17.3. The first-order valence-corrected chi connectivity index (χ1v) is 14.9. The van der Waals surface area contributed by atoms with Gasteiger partial charge in [-0.15, -0.1) is 0 Å². The molecule has 1 aliphatic rings. The van der Waals surface area contributed by atoms with E-state index in [1.54, 1.807) is 42.5 Å². The van der Waals surface area contributed by atoms with Crippen molar-refractivity contribution in [2.45, 2.75) is 20.5 Å². The molecule has 0 saturated carbocycles. The summed E-state index contributed by atoms with van der Waals surface area (Å²) in [7, 11) is 0. The van der Waals surface area contributed by atoms with Gasteiger partial charge in [-0.05, 0) is 96.0 Å². The molecule has 0 atom stereocenters. The van der Waals surface area contributed by atoms with Gasteiger partial charge in [0.25, 0.3) is 11.1 Å². The van der Waals surface area contributed by atoms with E-state index >= 15 is 0 Å². The molecule has 8 nitrogen and oxygen atoms in total. The van der Waals surface area contributed by atoms with Crippen molar-refractivity contribution in [1.29, 1.82) is 0 Å². The van der Waals surface area contributed by atoms with Gasteiger partial charge < -0.3 is 19.5 Å². The average molecular weight is 617 g/mol. The number of thioether (sulfide) groups is 1. The summed E-state index contributed by atoms with van der Waals surface area (Å²) >= 11 is 7.38. The summed E-state index contributed by atoms with van der Waals surface area (Å²) in [6, 6.07) is 24.4. The van der Waals surface area contributed by atoms with E-state index in [0.717, 1.165) is 33.0 Å². The Labute approximate surface area is 258 Å². The summed E-state index contributed by atoms with van der Waals surface area (Å²) in [5, 5.41) is 4.70. The fraction of sp³-hybridized carbons (Fsp3) is 0.182. The maximum atomic E-state index is 13.1. The molecular formula is C33H29ClN2O6S. The molecule has 0 bridgehead atoms. The fourth-order valence-corrected chi connectivity index (χ4v) is 5.60. The highest BCUT2D eigenvalue weighted by molar-refractivity contribution is 8.18. The Morgan fingerprint density at radius 3 is 2.40 bits per heavy atom. The number of halogens is 1. The Balaban J connectivity index is 1.27. The van der Waals surface area contributed by atoms with Crippen LogP contribution in [-0.4, -0.2) is 41.7 Å². The van der Waals surface area contributed by atoms with Crippen molar-refractivity contribution >= 4 is 63.0 Å². The predicted molar refractivity (Wildman–Crippen MR) is 170 cm³/mol. The minimum Gasteiger partial charge on any atom is -0.494 e. The normalized spacial score (nSPS) is 13.9. The smallest absolute Gasteiger partial charge is 0.294 e. The lowest BCUT2D eigenvalue weighted by Gasteiger charge is -2.15. The van der Waals surface area contributed by atoms with Crippen molar-refractivity contribution in [3.8, 4) is 17.2 Å². The van der Waals surface area contributed by atoms with Crippen LogP contribution >= 0.6 is 23.4 Å². The molecule has 1 heterocycles. The van der Waals surface area contributed by atoms with Crippen LogP contribution in [-0.2, 0) is 16.2 Å². The van der Waals surface area contributed by atoms with Crippen LogP contribution in [0.25, 0.3) is 16.8 Å². The zero-order chi connectivity index (χ0) is 30.3. The second-order valence-electron chi connectivity index (χ2n) is 9.51. The molecule has 1 saturated heterocycles. The van der Waals surface area contributed by atoms with E-state index in [-0.39, 0.29) is 11.5 Å². The zero-order valence-corrected chi connectivity index (χ0v) is 25.2. The topological polar surface area (TPSA) is 94.2 Å². The van der Waals surface area contributed by atoms with Crippen LogP contribution in [0.1, 0.15) is 25.0 Å². The van der Waals surface area contributed by atoms with Gasteiger partial charge in [0.15, 0.2) is 11.5 Å². The first-order valence-electron chi connectivity index (χ1n) is 13.7. The summed E-state index contributed by atoms with van der Waals surface area (Å²) in [5.74, 6) is 0.405. The van der Waals surface area contributed by atoms with Gasteiger partial charge in [0.05, 0.1) is 23.1 Å². The highest BCUT2D eigenvalue weighted by Crippen LogP contribution is 2.39. The predicted octanol–water partition coefficient (Wildman–Crippen LogP) is 7.54. The Morgan fingerprint density at radius 1 is 0.907 bits per heavy atom. The number of benzene rings is 4. The molecular weight excluding hydrogens is 588 g/mol. The Morgan fingerprint density at radius 2 is 1.65 bits per heavy atom. The van der Waals surface area contributed by atoms with Gasteiger partial charge >= 0.3 is 0 Å². The zero-order valence-electron chi connectivity index (χ0n) is 23.6. The minimum atomic E-state index is -0.567.